The summed E-state index contributed by atoms with van der Waals surface area (Å²) in [7, 11) is 1.94. The number of aromatic nitrogens is 2. The van der Waals surface area contributed by atoms with E-state index in [9.17, 15) is 0 Å². The number of rotatable bonds is 5. The van der Waals surface area contributed by atoms with Crippen molar-refractivity contribution in [3.63, 3.8) is 0 Å². The minimum absolute atomic E-state index is 0.270. The maximum atomic E-state index is 5.31. The lowest BCUT2D eigenvalue weighted by Gasteiger charge is -2.14. The Labute approximate surface area is 94.7 Å². The van der Waals surface area contributed by atoms with Gasteiger partial charge in [0.05, 0.1) is 6.26 Å². The van der Waals surface area contributed by atoms with E-state index in [0.717, 1.165) is 24.2 Å². The maximum Gasteiger partial charge on any atom is 0.115 e. The van der Waals surface area contributed by atoms with E-state index in [1.165, 1.54) is 0 Å². The van der Waals surface area contributed by atoms with Crippen molar-refractivity contribution < 1.29 is 4.42 Å². The molecule has 1 unspecified atom stereocenters. The standard InChI is InChI=1S/C12H15N3O/c1-13-12(10-7-14-9-15-8-10)5-4-11-3-2-6-16-11/h2-3,6-9,12-13H,4-5H2,1H3. The van der Waals surface area contributed by atoms with Gasteiger partial charge in [0, 0.05) is 30.4 Å². The molecular formula is C12H15N3O. The predicted octanol–water partition coefficient (Wildman–Crippen LogP) is 1.96. The Hall–Kier alpha value is -1.68. The molecule has 1 atom stereocenters. The molecule has 0 saturated carbocycles. The van der Waals surface area contributed by atoms with E-state index in [1.54, 1.807) is 12.6 Å². The molecule has 0 bridgehead atoms. The van der Waals surface area contributed by atoms with Gasteiger partial charge in [0.1, 0.15) is 12.1 Å². The predicted molar refractivity (Wildman–Crippen MR) is 60.9 cm³/mol. The highest BCUT2D eigenvalue weighted by Crippen LogP contribution is 2.17. The Kier molecular flexibility index (Phi) is 3.66. The van der Waals surface area contributed by atoms with Crippen LogP contribution in [0, 0.1) is 0 Å². The third-order valence-corrected chi connectivity index (χ3v) is 2.59. The summed E-state index contributed by atoms with van der Waals surface area (Å²) in [6.45, 7) is 0. The van der Waals surface area contributed by atoms with Crippen LogP contribution in [0.1, 0.15) is 23.8 Å². The highest BCUT2D eigenvalue weighted by Gasteiger charge is 2.10. The third-order valence-electron chi connectivity index (χ3n) is 2.59. The fourth-order valence-electron chi connectivity index (χ4n) is 1.71. The number of hydrogen-bond acceptors (Lipinski definition) is 4. The molecule has 4 heteroatoms. The van der Waals surface area contributed by atoms with E-state index in [4.69, 9.17) is 4.42 Å². The molecule has 0 spiro atoms. The quantitative estimate of drug-likeness (QED) is 0.831. The summed E-state index contributed by atoms with van der Waals surface area (Å²) in [5.74, 6) is 1.01. The first-order valence-corrected chi connectivity index (χ1v) is 5.34. The van der Waals surface area contributed by atoms with Gasteiger partial charge in [-0.3, -0.25) is 0 Å². The molecule has 1 N–H and O–H groups in total. The van der Waals surface area contributed by atoms with Crippen LogP contribution in [-0.2, 0) is 6.42 Å². The molecule has 2 aromatic heterocycles. The zero-order valence-corrected chi connectivity index (χ0v) is 9.26. The van der Waals surface area contributed by atoms with Gasteiger partial charge in [-0.15, -0.1) is 0 Å². The van der Waals surface area contributed by atoms with Crippen LogP contribution in [-0.4, -0.2) is 17.0 Å². The van der Waals surface area contributed by atoms with Crippen LogP contribution in [0.15, 0.2) is 41.5 Å². The van der Waals surface area contributed by atoms with Crippen molar-refractivity contribution in [2.24, 2.45) is 0 Å². The summed E-state index contributed by atoms with van der Waals surface area (Å²) < 4.78 is 5.31. The normalized spacial score (nSPS) is 12.6. The minimum Gasteiger partial charge on any atom is -0.469 e. The highest BCUT2D eigenvalue weighted by atomic mass is 16.3. The van der Waals surface area contributed by atoms with Crippen molar-refractivity contribution in [2.75, 3.05) is 7.05 Å². The van der Waals surface area contributed by atoms with Crippen LogP contribution in [0.5, 0.6) is 0 Å². The van der Waals surface area contributed by atoms with Gasteiger partial charge in [-0.2, -0.15) is 0 Å². The van der Waals surface area contributed by atoms with Crippen molar-refractivity contribution in [2.45, 2.75) is 18.9 Å². The van der Waals surface area contributed by atoms with Gasteiger partial charge in [0.25, 0.3) is 0 Å². The van der Waals surface area contributed by atoms with E-state index in [2.05, 4.69) is 15.3 Å². The molecule has 0 fully saturated rings. The van der Waals surface area contributed by atoms with E-state index in [0.29, 0.717) is 0 Å². The smallest absolute Gasteiger partial charge is 0.115 e. The fraction of sp³-hybridized carbons (Fsp3) is 0.333. The average Bonchev–Trinajstić information content (AvgIpc) is 2.84. The average molecular weight is 217 g/mol. The molecule has 2 aromatic rings. The molecule has 0 aliphatic heterocycles. The monoisotopic (exact) mass is 217 g/mol. The number of nitrogens with zero attached hydrogens (tertiary/aromatic N) is 2. The van der Waals surface area contributed by atoms with E-state index >= 15 is 0 Å². The van der Waals surface area contributed by atoms with Crippen molar-refractivity contribution in [3.8, 4) is 0 Å². The summed E-state index contributed by atoms with van der Waals surface area (Å²) in [5.41, 5.74) is 1.11. The summed E-state index contributed by atoms with van der Waals surface area (Å²) in [6, 6.07) is 4.18. The molecule has 0 aliphatic rings. The lowest BCUT2D eigenvalue weighted by atomic mass is 10.0. The van der Waals surface area contributed by atoms with Gasteiger partial charge < -0.3 is 9.73 Å². The van der Waals surface area contributed by atoms with Gasteiger partial charge in [0.2, 0.25) is 0 Å². The summed E-state index contributed by atoms with van der Waals surface area (Å²) in [5, 5.41) is 3.26. The second-order valence-corrected chi connectivity index (χ2v) is 3.63. The largest absolute Gasteiger partial charge is 0.469 e. The molecule has 0 radical (unpaired) electrons. The number of furan rings is 1. The first kappa shape index (κ1) is 10.8. The Morgan fingerprint density at radius 1 is 1.38 bits per heavy atom. The first-order valence-electron chi connectivity index (χ1n) is 5.34. The molecule has 0 amide bonds. The molecule has 2 rings (SSSR count). The molecule has 2 heterocycles. The topological polar surface area (TPSA) is 51.0 Å². The minimum atomic E-state index is 0.270. The van der Waals surface area contributed by atoms with Crippen LogP contribution < -0.4 is 5.32 Å². The number of hydrogen-bond donors (Lipinski definition) is 1. The van der Waals surface area contributed by atoms with Crippen LogP contribution in [0.3, 0.4) is 0 Å². The van der Waals surface area contributed by atoms with Gasteiger partial charge in [0.15, 0.2) is 0 Å². The molecular weight excluding hydrogens is 202 g/mol. The SMILES string of the molecule is CNC(CCc1ccco1)c1cncnc1. The Morgan fingerprint density at radius 3 is 2.81 bits per heavy atom. The first-order chi connectivity index (χ1) is 7.90. The van der Waals surface area contributed by atoms with Gasteiger partial charge in [-0.05, 0) is 25.6 Å². The van der Waals surface area contributed by atoms with Crippen LogP contribution in [0.4, 0.5) is 0 Å². The summed E-state index contributed by atoms with van der Waals surface area (Å²) >= 11 is 0. The fourth-order valence-corrected chi connectivity index (χ4v) is 1.71. The summed E-state index contributed by atoms with van der Waals surface area (Å²) in [4.78, 5) is 8.05. The molecule has 0 aromatic carbocycles. The molecule has 16 heavy (non-hydrogen) atoms. The van der Waals surface area contributed by atoms with Crippen molar-refractivity contribution in [3.05, 3.63) is 48.4 Å². The van der Waals surface area contributed by atoms with Gasteiger partial charge in [-0.25, -0.2) is 9.97 Å². The number of aryl methyl sites for hydroxylation is 1. The Morgan fingerprint density at radius 2 is 2.19 bits per heavy atom. The lowest BCUT2D eigenvalue weighted by Crippen LogP contribution is -2.17. The molecule has 0 aliphatic carbocycles. The highest BCUT2D eigenvalue weighted by molar-refractivity contribution is 5.10. The van der Waals surface area contributed by atoms with E-state index in [-0.39, 0.29) is 6.04 Å². The van der Waals surface area contributed by atoms with Crippen LogP contribution in [0.25, 0.3) is 0 Å². The molecule has 84 valence electrons. The molecule has 0 saturated heterocycles. The van der Waals surface area contributed by atoms with E-state index < -0.39 is 0 Å². The van der Waals surface area contributed by atoms with E-state index in [1.807, 2.05) is 31.6 Å². The van der Waals surface area contributed by atoms with Crippen molar-refractivity contribution in [1.29, 1.82) is 0 Å². The second kappa shape index (κ2) is 5.42. The third kappa shape index (κ3) is 2.67. The summed E-state index contributed by atoms with van der Waals surface area (Å²) in [6.07, 6.45) is 8.81. The Balaban J connectivity index is 1.96. The number of nitrogens with one attached hydrogen (secondary N) is 1. The maximum absolute atomic E-state index is 5.31. The Bertz CT molecular complexity index is 399. The second-order valence-electron chi connectivity index (χ2n) is 3.63. The lowest BCUT2D eigenvalue weighted by molar-refractivity contribution is 0.468. The van der Waals surface area contributed by atoms with Crippen molar-refractivity contribution in [1.82, 2.24) is 15.3 Å². The zero-order valence-electron chi connectivity index (χ0n) is 9.26. The van der Waals surface area contributed by atoms with Crippen LogP contribution in [0.2, 0.25) is 0 Å². The van der Waals surface area contributed by atoms with Crippen molar-refractivity contribution >= 4 is 0 Å². The van der Waals surface area contributed by atoms with Gasteiger partial charge >= 0.3 is 0 Å². The van der Waals surface area contributed by atoms with Gasteiger partial charge in [-0.1, -0.05) is 0 Å². The van der Waals surface area contributed by atoms with Crippen LogP contribution >= 0.6 is 0 Å². The molecule has 4 nitrogen and oxygen atoms in total. The zero-order chi connectivity index (χ0) is 11.2.